The van der Waals surface area contributed by atoms with Gasteiger partial charge in [0.05, 0.1) is 17.0 Å². The molecule has 0 saturated heterocycles. The van der Waals surface area contributed by atoms with E-state index in [4.69, 9.17) is 4.74 Å². The van der Waals surface area contributed by atoms with Crippen LogP contribution in [-0.2, 0) is 6.54 Å². The lowest BCUT2D eigenvalue weighted by Gasteiger charge is -2.15. The molecule has 0 radical (unpaired) electrons. The van der Waals surface area contributed by atoms with E-state index >= 15 is 0 Å². The van der Waals surface area contributed by atoms with E-state index in [-0.39, 0.29) is 34.7 Å². The molecule has 3 rings (SSSR count). The van der Waals surface area contributed by atoms with Gasteiger partial charge in [-0.1, -0.05) is 18.2 Å². The van der Waals surface area contributed by atoms with Gasteiger partial charge in [0.1, 0.15) is 11.6 Å². The first-order valence-corrected chi connectivity index (χ1v) is 9.00. The lowest BCUT2D eigenvalue weighted by Crippen LogP contribution is -2.28. The zero-order valence-electron chi connectivity index (χ0n) is 16.3. The summed E-state index contributed by atoms with van der Waals surface area (Å²) >= 11 is 0. The van der Waals surface area contributed by atoms with Gasteiger partial charge in [0, 0.05) is 18.5 Å². The van der Waals surface area contributed by atoms with Crippen LogP contribution in [0.25, 0.3) is 0 Å². The Morgan fingerprint density at radius 3 is 2.71 bits per heavy atom. The Kier molecular flexibility index (Phi) is 6.07. The Balaban J connectivity index is 2.00. The third kappa shape index (κ3) is 4.25. The number of nitriles is 1. The first kappa shape index (κ1) is 21.2. The fraction of sp³-hybridized carbons (Fsp3) is 0.143. The fourth-order valence-electron chi connectivity index (χ4n) is 3.05. The van der Waals surface area contributed by atoms with Crippen LogP contribution in [0.2, 0.25) is 0 Å². The number of ether oxygens (including phenoxy) is 1. The summed E-state index contributed by atoms with van der Waals surface area (Å²) < 4.78 is 6.21. The van der Waals surface area contributed by atoms with E-state index in [1.54, 1.807) is 18.2 Å². The van der Waals surface area contributed by atoms with Crippen molar-refractivity contribution in [2.45, 2.75) is 13.5 Å². The second-order valence-electron chi connectivity index (χ2n) is 6.50. The van der Waals surface area contributed by atoms with Gasteiger partial charge in [-0.2, -0.15) is 5.26 Å². The number of Topliss-reactive ketones (excluding diaryl/α,β-unsaturated/α-hetero) is 1. The van der Waals surface area contributed by atoms with E-state index in [1.807, 2.05) is 0 Å². The van der Waals surface area contributed by atoms with Gasteiger partial charge in [-0.15, -0.1) is 0 Å². The maximum atomic E-state index is 12.8. The molecular weight excluding hydrogens is 404 g/mol. The predicted octanol–water partition coefficient (Wildman–Crippen LogP) is 2.35. The highest BCUT2D eigenvalue weighted by Crippen LogP contribution is 2.27. The van der Waals surface area contributed by atoms with Crippen LogP contribution in [0.1, 0.15) is 27.0 Å². The monoisotopic (exact) mass is 420 g/mol. The number of rotatable bonds is 7. The zero-order chi connectivity index (χ0) is 22.5. The Morgan fingerprint density at radius 2 is 2.06 bits per heavy atom. The van der Waals surface area contributed by atoms with E-state index < -0.39 is 28.8 Å². The van der Waals surface area contributed by atoms with Gasteiger partial charge < -0.3 is 9.84 Å². The van der Waals surface area contributed by atoms with E-state index in [0.29, 0.717) is 5.56 Å². The topological polar surface area (TPSA) is 148 Å². The first-order valence-electron chi connectivity index (χ1n) is 9.00. The highest BCUT2D eigenvalue weighted by molar-refractivity contribution is 6.01. The van der Waals surface area contributed by atoms with Gasteiger partial charge in [-0.25, -0.2) is 0 Å². The summed E-state index contributed by atoms with van der Waals surface area (Å²) in [4.78, 5) is 39.9. The Hall–Kier alpha value is -4.52. The quantitative estimate of drug-likeness (QED) is 0.348. The number of hydrogen-bond acceptors (Lipinski definition) is 8. The summed E-state index contributed by atoms with van der Waals surface area (Å²) in [6, 6.07) is 10.6. The number of para-hydroxylation sites is 2. The van der Waals surface area contributed by atoms with E-state index in [2.05, 4.69) is 4.98 Å². The van der Waals surface area contributed by atoms with Crippen LogP contribution < -0.4 is 10.3 Å². The molecule has 0 fully saturated rings. The van der Waals surface area contributed by atoms with Crippen molar-refractivity contribution >= 4 is 11.5 Å². The van der Waals surface area contributed by atoms with Gasteiger partial charge in [0.15, 0.2) is 12.4 Å². The Labute approximate surface area is 175 Å². The zero-order valence-corrected chi connectivity index (χ0v) is 16.3. The van der Waals surface area contributed by atoms with Crippen LogP contribution in [0.3, 0.4) is 0 Å². The molecule has 0 saturated carbocycles. The molecule has 10 nitrogen and oxygen atoms in total. The molecule has 0 bridgehead atoms. The molecular formula is C21H16N4O6. The molecule has 0 atom stereocenters. The minimum absolute atomic E-state index is 0.00333. The molecule has 3 aromatic rings. The SMILES string of the molecule is Cc1c(C(=O)COc2ccccc2[N+](=O)[O-])c(O)n(Cc2cccnc2)c(=O)c1C#N. The molecule has 2 heterocycles. The van der Waals surface area contributed by atoms with Crippen LogP contribution in [-0.4, -0.2) is 32.0 Å². The summed E-state index contributed by atoms with van der Waals surface area (Å²) in [5, 5.41) is 31.2. The number of ketones is 1. The normalized spacial score (nSPS) is 10.3. The summed E-state index contributed by atoms with van der Waals surface area (Å²) in [5.74, 6) is -1.49. The molecule has 156 valence electrons. The minimum atomic E-state index is -0.752. The van der Waals surface area contributed by atoms with Gasteiger partial charge in [0.2, 0.25) is 11.7 Å². The number of carbonyl (C=O) groups excluding carboxylic acids is 1. The average molecular weight is 420 g/mol. The number of aromatic nitrogens is 2. The summed E-state index contributed by atoms with van der Waals surface area (Å²) in [6.45, 7) is 0.611. The van der Waals surface area contributed by atoms with Crippen molar-refractivity contribution < 1.29 is 19.6 Å². The van der Waals surface area contributed by atoms with Crippen molar-refractivity contribution in [3.05, 3.63) is 91.5 Å². The van der Waals surface area contributed by atoms with Crippen LogP contribution in [0.5, 0.6) is 11.6 Å². The number of benzene rings is 1. The molecule has 0 aliphatic carbocycles. The number of nitro benzene ring substituents is 1. The number of pyridine rings is 2. The number of carbonyl (C=O) groups is 1. The van der Waals surface area contributed by atoms with Crippen LogP contribution in [0, 0.1) is 28.4 Å². The van der Waals surface area contributed by atoms with E-state index in [1.165, 1.54) is 43.6 Å². The molecule has 2 aromatic heterocycles. The van der Waals surface area contributed by atoms with Crippen molar-refractivity contribution in [2.24, 2.45) is 0 Å². The maximum Gasteiger partial charge on any atom is 0.310 e. The Morgan fingerprint density at radius 1 is 1.32 bits per heavy atom. The maximum absolute atomic E-state index is 12.8. The van der Waals surface area contributed by atoms with Crippen molar-refractivity contribution in [1.29, 1.82) is 5.26 Å². The van der Waals surface area contributed by atoms with Crippen LogP contribution >= 0.6 is 0 Å². The molecule has 0 aliphatic rings. The van der Waals surface area contributed by atoms with Crippen molar-refractivity contribution in [1.82, 2.24) is 9.55 Å². The number of nitrogens with zero attached hydrogens (tertiary/aromatic N) is 4. The highest BCUT2D eigenvalue weighted by atomic mass is 16.6. The van der Waals surface area contributed by atoms with E-state index in [0.717, 1.165) is 4.57 Å². The number of nitro groups is 1. The molecule has 10 heteroatoms. The first-order chi connectivity index (χ1) is 14.8. The Bertz CT molecular complexity index is 1260. The smallest absolute Gasteiger partial charge is 0.310 e. The van der Waals surface area contributed by atoms with Crippen molar-refractivity contribution in [2.75, 3.05) is 6.61 Å². The summed E-state index contributed by atoms with van der Waals surface area (Å²) in [6.07, 6.45) is 3.02. The summed E-state index contributed by atoms with van der Waals surface area (Å²) in [5.41, 5.74) is -1.06. The van der Waals surface area contributed by atoms with Gasteiger partial charge in [0.25, 0.3) is 5.56 Å². The highest BCUT2D eigenvalue weighted by Gasteiger charge is 2.25. The van der Waals surface area contributed by atoms with E-state index in [9.17, 15) is 30.1 Å². The van der Waals surface area contributed by atoms with Gasteiger partial charge >= 0.3 is 5.69 Å². The lowest BCUT2D eigenvalue weighted by atomic mass is 10.0. The molecule has 1 N–H and O–H groups in total. The van der Waals surface area contributed by atoms with Crippen molar-refractivity contribution in [3.8, 4) is 17.7 Å². The number of hydrogen-bond donors (Lipinski definition) is 1. The second-order valence-corrected chi connectivity index (χ2v) is 6.50. The van der Waals surface area contributed by atoms with Crippen LogP contribution in [0.15, 0.2) is 53.6 Å². The molecule has 0 aliphatic heterocycles. The second kappa shape index (κ2) is 8.87. The average Bonchev–Trinajstić information content (AvgIpc) is 2.76. The summed E-state index contributed by atoms with van der Waals surface area (Å²) in [7, 11) is 0. The minimum Gasteiger partial charge on any atom is -0.494 e. The largest absolute Gasteiger partial charge is 0.494 e. The van der Waals surface area contributed by atoms with Gasteiger partial charge in [-0.05, 0) is 30.2 Å². The molecule has 0 unspecified atom stereocenters. The fourth-order valence-corrected chi connectivity index (χ4v) is 3.05. The van der Waals surface area contributed by atoms with Gasteiger partial charge in [-0.3, -0.25) is 29.3 Å². The third-order valence-corrected chi connectivity index (χ3v) is 4.56. The standard InChI is InChI=1S/C21H16N4O6/c1-13-15(9-22)20(27)24(11-14-5-4-8-23-10-14)21(28)19(13)17(26)12-31-18-7-3-2-6-16(18)25(29)30/h2-8,10,28H,11-12H2,1H3. The molecule has 0 spiro atoms. The van der Waals surface area contributed by atoms with Crippen molar-refractivity contribution in [3.63, 3.8) is 0 Å². The molecule has 31 heavy (non-hydrogen) atoms. The molecule has 1 aromatic carbocycles. The number of aromatic hydroxyl groups is 1. The molecule has 0 amide bonds. The predicted molar refractivity (Wildman–Crippen MR) is 108 cm³/mol. The lowest BCUT2D eigenvalue weighted by molar-refractivity contribution is -0.385. The third-order valence-electron chi connectivity index (χ3n) is 4.56. The van der Waals surface area contributed by atoms with Crippen LogP contribution in [0.4, 0.5) is 5.69 Å².